The Bertz CT molecular complexity index is 601. The van der Waals surface area contributed by atoms with Crippen molar-refractivity contribution in [3.05, 3.63) is 66.3 Å². The molecule has 0 spiro atoms. The normalized spacial score (nSPS) is 15.0. The highest BCUT2D eigenvalue weighted by Crippen LogP contribution is 2.29. The zero-order chi connectivity index (χ0) is 14.5. The fraction of sp³-hybridized carbons (Fsp3) is 0.222. The molecule has 1 fully saturated rings. The Morgan fingerprint density at radius 1 is 0.857 bits per heavy atom. The molecule has 3 heteroatoms. The van der Waals surface area contributed by atoms with E-state index < -0.39 is 5.97 Å². The molecule has 1 radical (unpaired) electrons. The van der Waals surface area contributed by atoms with E-state index in [0.29, 0.717) is 5.56 Å². The quantitative estimate of drug-likeness (QED) is 0.609. The summed E-state index contributed by atoms with van der Waals surface area (Å²) in [6.07, 6.45) is 4.84. The summed E-state index contributed by atoms with van der Waals surface area (Å²) in [5, 5.41) is 0. The van der Waals surface area contributed by atoms with Crippen LogP contribution in [0.15, 0.2) is 54.6 Å². The molecule has 3 rings (SSSR count). The number of carbonyl (C=O) groups excluding carboxylic acids is 1. The minimum absolute atomic E-state index is 0.450. The zero-order valence-corrected chi connectivity index (χ0v) is 11.7. The Labute approximate surface area is 124 Å². The van der Waals surface area contributed by atoms with Crippen molar-refractivity contribution in [2.75, 3.05) is 0 Å². The van der Waals surface area contributed by atoms with E-state index in [1.54, 1.807) is 6.07 Å². The summed E-state index contributed by atoms with van der Waals surface area (Å²) in [6, 6.07) is 17.2. The molecule has 1 aliphatic rings. The molecular formula is C18H17O3. The first-order chi connectivity index (χ1) is 10.3. The molecule has 1 saturated carbocycles. The first-order valence-corrected chi connectivity index (χ1v) is 7.22. The van der Waals surface area contributed by atoms with Gasteiger partial charge in [0.1, 0.15) is 6.10 Å². The van der Waals surface area contributed by atoms with Crippen molar-refractivity contribution in [3.63, 3.8) is 0 Å². The summed E-state index contributed by atoms with van der Waals surface area (Å²) >= 11 is 0. The smallest absolute Gasteiger partial charge is 0.292 e. The molecule has 0 unspecified atom stereocenters. The van der Waals surface area contributed by atoms with E-state index in [1.807, 2.05) is 48.5 Å². The maximum absolute atomic E-state index is 12.2. The predicted octanol–water partition coefficient (Wildman–Crippen LogP) is 4.55. The minimum atomic E-state index is -0.450. The zero-order valence-electron chi connectivity index (χ0n) is 11.7. The fourth-order valence-corrected chi connectivity index (χ4v) is 2.52. The number of benzene rings is 2. The predicted molar refractivity (Wildman–Crippen MR) is 80.1 cm³/mol. The molecule has 2 aromatic carbocycles. The molecule has 0 bridgehead atoms. The molecule has 1 aliphatic carbocycles. The van der Waals surface area contributed by atoms with Gasteiger partial charge in [0.15, 0.2) is 0 Å². The Kier molecular flexibility index (Phi) is 4.31. The highest BCUT2D eigenvalue weighted by Gasteiger charge is 2.21. The molecule has 0 saturated heterocycles. The summed E-state index contributed by atoms with van der Waals surface area (Å²) in [5.41, 5.74) is 2.35. The van der Waals surface area contributed by atoms with E-state index in [1.165, 1.54) is 0 Å². The highest BCUT2D eigenvalue weighted by molar-refractivity contribution is 5.96. The van der Waals surface area contributed by atoms with Crippen molar-refractivity contribution in [2.24, 2.45) is 0 Å². The number of hydrogen-bond acceptors (Lipinski definition) is 3. The van der Waals surface area contributed by atoms with Crippen molar-refractivity contribution in [3.8, 4) is 11.1 Å². The van der Waals surface area contributed by atoms with Crippen LogP contribution in [-0.4, -0.2) is 5.97 Å². The van der Waals surface area contributed by atoms with Crippen LogP contribution in [-0.2, 0) is 9.78 Å². The van der Waals surface area contributed by atoms with Gasteiger partial charge in [-0.15, -0.1) is 0 Å². The van der Waals surface area contributed by atoms with E-state index in [2.05, 4.69) is 0 Å². The number of rotatable bonds is 4. The summed E-state index contributed by atoms with van der Waals surface area (Å²) in [4.78, 5) is 22.4. The summed E-state index contributed by atoms with van der Waals surface area (Å²) < 4.78 is 0. The average Bonchev–Trinajstić information content (AvgIpc) is 3.07. The van der Waals surface area contributed by atoms with Crippen LogP contribution in [0, 0.1) is 6.10 Å². The first-order valence-electron chi connectivity index (χ1n) is 7.22. The van der Waals surface area contributed by atoms with Crippen LogP contribution in [0.5, 0.6) is 0 Å². The third kappa shape index (κ3) is 3.31. The van der Waals surface area contributed by atoms with Crippen molar-refractivity contribution in [1.82, 2.24) is 0 Å². The lowest BCUT2D eigenvalue weighted by Gasteiger charge is -2.11. The lowest BCUT2D eigenvalue weighted by Crippen LogP contribution is -2.09. The van der Waals surface area contributed by atoms with Gasteiger partial charge in [-0.25, -0.2) is 4.79 Å². The number of carbonyl (C=O) groups is 1. The third-order valence-corrected chi connectivity index (χ3v) is 3.63. The van der Waals surface area contributed by atoms with Gasteiger partial charge >= 0.3 is 5.97 Å². The minimum Gasteiger partial charge on any atom is -0.292 e. The first kappa shape index (κ1) is 13.8. The summed E-state index contributed by atoms with van der Waals surface area (Å²) in [5.74, 6) is -0.450. The van der Waals surface area contributed by atoms with Crippen molar-refractivity contribution in [2.45, 2.75) is 25.7 Å². The van der Waals surface area contributed by atoms with Crippen LogP contribution in [0.25, 0.3) is 11.1 Å². The third-order valence-electron chi connectivity index (χ3n) is 3.63. The van der Waals surface area contributed by atoms with Gasteiger partial charge in [0.25, 0.3) is 0 Å². The molecule has 21 heavy (non-hydrogen) atoms. The van der Waals surface area contributed by atoms with E-state index in [0.717, 1.165) is 42.9 Å². The second-order valence-electron chi connectivity index (χ2n) is 5.11. The van der Waals surface area contributed by atoms with Crippen molar-refractivity contribution < 1.29 is 14.6 Å². The van der Waals surface area contributed by atoms with Gasteiger partial charge in [0.2, 0.25) is 0 Å². The summed E-state index contributed by atoms with van der Waals surface area (Å²) in [7, 11) is 0. The van der Waals surface area contributed by atoms with Crippen LogP contribution in [0.4, 0.5) is 0 Å². The molecule has 0 N–H and O–H groups in total. The van der Waals surface area contributed by atoms with Crippen molar-refractivity contribution in [1.29, 1.82) is 0 Å². The standard InChI is InChI=1S/C18H17O3/c19-18(21-20-15-10-4-5-11-15)17-13-7-6-12-16(17)14-8-2-1-3-9-14/h1-3,6-9,12-13H,4-5,10-11H2. The van der Waals surface area contributed by atoms with E-state index in [4.69, 9.17) is 9.78 Å². The highest BCUT2D eigenvalue weighted by atomic mass is 17.2. The largest absolute Gasteiger partial charge is 0.373 e. The lowest BCUT2D eigenvalue weighted by atomic mass is 10.00. The monoisotopic (exact) mass is 281 g/mol. The lowest BCUT2D eigenvalue weighted by molar-refractivity contribution is -0.234. The molecule has 0 heterocycles. The maximum atomic E-state index is 12.2. The van der Waals surface area contributed by atoms with Gasteiger partial charge in [0, 0.05) is 0 Å². The second kappa shape index (κ2) is 6.55. The van der Waals surface area contributed by atoms with E-state index in [9.17, 15) is 4.79 Å². The van der Waals surface area contributed by atoms with Gasteiger partial charge in [-0.1, -0.05) is 61.4 Å². The molecule has 0 aliphatic heterocycles. The molecule has 0 aromatic heterocycles. The Morgan fingerprint density at radius 2 is 1.52 bits per heavy atom. The van der Waals surface area contributed by atoms with E-state index >= 15 is 0 Å². The van der Waals surface area contributed by atoms with Crippen LogP contribution < -0.4 is 0 Å². The Morgan fingerprint density at radius 3 is 2.29 bits per heavy atom. The maximum Gasteiger partial charge on any atom is 0.373 e. The Balaban J connectivity index is 1.76. The van der Waals surface area contributed by atoms with Gasteiger partial charge in [-0.3, -0.25) is 4.89 Å². The SMILES string of the molecule is O=C(OO[C]1CCCC1)c1ccccc1-c1ccccc1. The van der Waals surface area contributed by atoms with Crippen molar-refractivity contribution >= 4 is 5.97 Å². The fourth-order valence-electron chi connectivity index (χ4n) is 2.52. The van der Waals surface area contributed by atoms with Gasteiger partial charge < -0.3 is 0 Å². The molecule has 0 amide bonds. The van der Waals surface area contributed by atoms with E-state index in [-0.39, 0.29) is 0 Å². The summed E-state index contributed by atoms with van der Waals surface area (Å²) in [6.45, 7) is 0. The van der Waals surface area contributed by atoms with Crippen LogP contribution in [0.3, 0.4) is 0 Å². The topological polar surface area (TPSA) is 35.5 Å². The van der Waals surface area contributed by atoms with Gasteiger partial charge in [-0.05, 0) is 30.0 Å². The molecule has 3 nitrogen and oxygen atoms in total. The molecule has 2 aromatic rings. The Hall–Kier alpha value is -2.13. The molecule has 0 atom stereocenters. The van der Waals surface area contributed by atoms with Gasteiger partial charge in [0.05, 0.1) is 5.56 Å². The second-order valence-corrected chi connectivity index (χ2v) is 5.11. The van der Waals surface area contributed by atoms with Crippen LogP contribution >= 0.6 is 0 Å². The van der Waals surface area contributed by atoms with Crippen LogP contribution in [0.2, 0.25) is 0 Å². The average molecular weight is 281 g/mol. The number of hydrogen-bond donors (Lipinski definition) is 0. The van der Waals surface area contributed by atoms with Crippen LogP contribution in [0.1, 0.15) is 36.0 Å². The van der Waals surface area contributed by atoms with Gasteiger partial charge in [-0.2, -0.15) is 4.89 Å². The molecule has 107 valence electrons. The molecular weight excluding hydrogens is 264 g/mol.